The Hall–Kier alpha value is -1.88. The molecule has 5 heteroatoms. The van der Waals surface area contributed by atoms with E-state index in [1.54, 1.807) is 20.9 Å². The van der Waals surface area contributed by atoms with Gasteiger partial charge in [0.15, 0.2) is 5.58 Å². The number of carbonyl (C=O) groups is 1. The molecule has 1 amide bonds. The first-order chi connectivity index (χ1) is 8.87. The third-order valence-corrected chi connectivity index (χ3v) is 2.82. The monoisotopic (exact) mass is 262 g/mol. The minimum atomic E-state index is -0.906. The lowest BCUT2D eigenvalue weighted by molar-refractivity contribution is -0.131. The maximum Gasteiger partial charge on any atom is 0.228 e. The van der Waals surface area contributed by atoms with Gasteiger partial charge in [-0.2, -0.15) is 0 Å². The van der Waals surface area contributed by atoms with Gasteiger partial charge in [0.1, 0.15) is 5.69 Å². The van der Waals surface area contributed by atoms with Crippen molar-refractivity contribution < 1.29 is 14.4 Å². The predicted octanol–water partition coefficient (Wildman–Crippen LogP) is 1.60. The molecule has 2 aromatic rings. The molecular formula is C14H18N2O3. The van der Waals surface area contributed by atoms with Gasteiger partial charge in [0.2, 0.25) is 5.91 Å². The fraction of sp³-hybridized carbons (Fsp3) is 0.429. The van der Waals surface area contributed by atoms with Gasteiger partial charge in [-0.3, -0.25) is 4.79 Å². The second-order valence-corrected chi connectivity index (χ2v) is 5.36. The lowest BCUT2D eigenvalue weighted by atomic mass is 10.1. The molecule has 0 aliphatic rings. The fourth-order valence-electron chi connectivity index (χ4n) is 2.01. The summed E-state index contributed by atoms with van der Waals surface area (Å²) in [4.78, 5) is 13.6. The summed E-state index contributed by atoms with van der Waals surface area (Å²) in [6.07, 6.45) is 0.170. The van der Waals surface area contributed by atoms with Crippen molar-refractivity contribution in [2.45, 2.75) is 25.9 Å². The van der Waals surface area contributed by atoms with Gasteiger partial charge in [-0.05, 0) is 26.0 Å². The van der Waals surface area contributed by atoms with E-state index in [0.29, 0.717) is 11.3 Å². The molecule has 1 heterocycles. The van der Waals surface area contributed by atoms with Crippen molar-refractivity contribution in [1.82, 2.24) is 10.1 Å². The number of benzene rings is 1. The third-order valence-electron chi connectivity index (χ3n) is 2.82. The van der Waals surface area contributed by atoms with Crippen LogP contribution in [0.3, 0.4) is 0 Å². The SMILES string of the molecule is CN(CC(C)(C)O)C(=O)Cc1noc2ccccc12. The summed E-state index contributed by atoms with van der Waals surface area (Å²) in [6.45, 7) is 3.62. The van der Waals surface area contributed by atoms with Crippen molar-refractivity contribution in [2.75, 3.05) is 13.6 Å². The Labute approximate surface area is 111 Å². The Kier molecular flexibility index (Phi) is 3.57. The van der Waals surface area contributed by atoms with Crippen molar-refractivity contribution >= 4 is 16.9 Å². The summed E-state index contributed by atoms with van der Waals surface area (Å²) in [5, 5.41) is 14.5. The molecule has 1 N–H and O–H groups in total. The summed E-state index contributed by atoms with van der Waals surface area (Å²) in [5.74, 6) is -0.0961. The molecule has 0 unspecified atom stereocenters. The molecule has 0 atom stereocenters. The van der Waals surface area contributed by atoms with Crippen LogP contribution in [0.15, 0.2) is 28.8 Å². The lowest BCUT2D eigenvalue weighted by Crippen LogP contribution is -2.40. The van der Waals surface area contributed by atoms with E-state index in [0.717, 1.165) is 5.39 Å². The zero-order chi connectivity index (χ0) is 14.0. The molecule has 0 spiro atoms. The van der Waals surface area contributed by atoms with Gasteiger partial charge in [0, 0.05) is 19.0 Å². The molecule has 5 nitrogen and oxygen atoms in total. The smallest absolute Gasteiger partial charge is 0.228 e. The molecule has 2 rings (SSSR count). The van der Waals surface area contributed by atoms with Crippen LogP contribution in [0, 0.1) is 0 Å². The first kappa shape index (κ1) is 13.5. The third kappa shape index (κ3) is 3.32. The van der Waals surface area contributed by atoms with Gasteiger partial charge in [0.05, 0.1) is 12.0 Å². The second kappa shape index (κ2) is 5.01. The maximum absolute atomic E-state index is 12.1. The van der Waals surface area contributed by atoms with Crippen LogP contribution in [0.2, 0.25) is 0 Å². The molecule has 1 aromatic carbocycles. The zero-order valence-corrected chi connectivity index (χ0v) is 11.4. The summed E-state index contributed by atoms with van der Waals surface area (Å²) in [5.41, 5.74) is 0.398. The van der Waals surface area contributed by atoms with Crippen LogP contribution in [0.5, 0.6) is 0 Å². The van der Waals surface area contributed by atoms with E-state index in [1.165, 1.54) is 4.90 Å². The van der Waals surface area contributed by atoms with Gasteiger partial charge in [-0.25, -0.2) is 0 Å². The highest BCUT2D eigenvalue weighted by molar-refractivity contribution is 5.86. The molecule has 0 aliphatic heterocycles. The first-order valence-electron chi connectivity index (χ1n) is 6.16. The molecule has 0 bridgehead atoms. The highest BCUT2D eigenvalue weighted by Crippen LogP contribution is 2.18. The van der Waals surface area contributed by atoms with E-state index < -0.39 is 5.60 Å². The average molecular weight is 262 g/mol. The maximum atomic E-state index is 12.1. The van der Waals surface area contributed by atoms with Gasteiger partial charge in [0.25, 0.3) is 0 Å². The zero-order valence-electron chi connectivity index (χ0n) is 11.4. The molecule has 0 saturated heterocycles. The van der Waals surface area contributed by atoms with E-state index in [9.17, 15) is 9.90 Å². The Bertz CT molecular complexity index is 584. The molecule has 0 aliphatic carbocycles. The normalized spacial score (nSPS) is 11.8. The van der Waals surface area contributed by atoms with Gasteiger partial charge in [-0.15, -0.1) is 0 Å². The Morgan fingerprint density at radius 2 is 2.11 bits per heavy atom. The molecule has 102 valence electrons. The molecule has 19 heavy (non-hydrogen) atoms. The number of aromatic nitrogens is 1. The van der Waals surface area contributed by atoms with Crippen LogP contribution < -0.4 is 0 Å². The number of carbonyl (C=O) groups excluding carboxylic acids is 1. The molecule has 1 aromatic heterocycles. The summed E-state index contributed by atoms with van der Waals surface area (Å²) < 4.78 is 5.16. The first-order valence-corrected chi connectivity index (χ1v) is 6.16. The van der Waals surface area contributed by atoms with Crippen molar-refractivity contribution in [3.05, 3.63) is 30.0 Å². The van der Waals surface area contributed by atoms with Crippen molar-refractivity contribution in [2.24, 2.45) is 0 Å². The van der Waals surface area contributed by atoms with Crippen molar-refractivity contribution in [1.29, 1.82) is 0 Å². The number of likely N-dealkylation sites (N-methyl/N-ethyl adjacent to an activating group) is 1. The number of hydrogen-bond donors (Lipinski definition) is 1. The lowest BCUT2D eigenvalue weighted by Gasteiger charge is -2.25. The number of fused-ring (bicyclic) bond motifs is 1. The Morgan fingerprint density at radius 1 is 1.42 bits per heavy atom. The van der Waals surface area contributed by atoms with Crippen LogP contribution in [-0.2, 0) is 11.2 Å². The van der Waals surface area contributed by atoms with Crippen LogP contribution in [-0.4, -0.2) is 40.3 Å². The number of aliphatic hydroxyl groups is 1. The van der Waals surface area contributed by atoms with Gasteiger partial charge in [-0.1, -0.05) is 17.3 Å². The molecule has 0 radical (unpaired) electrons. The van der Waals surface area contributed by atoms with E-state index in [1.807, 2.05) is 24.3 Å². The average Bonchev–Trinajstić information content (AvgIpc) is 2.70. The van der Waals surface area contributed by atoms with Gasteiger partial charge < -0.3 is 14.5 Å². The highest BCUT2D eigenvalue weighted by atomic mass is 16.5. The quantitative estimate of drug-likeness (QED) is 0.908. The molecule has 0 fully saturated rings. The Morgan fingerprint density at radius 3 is 2.79 bits per heavy atom. The number of nitrogens with zero attached hydrogens (tertiary/aromatic N) is 2. The van der Waals surface area contributed by atoms with Crippen molar-refractivity contribution in [3.63, 3.8) is 0 Å². The van der Waals surface area contributed by atoms with E-state index in [2.05, 4.69) is 5.16 Å². The van der Waals surface area contributed by atoms with Crippen LogP contribution in [0.25, 0.3) is 11.0 Å². The number of para-hydroxylation sites is 1. The predicted molar refractivity (Wildman–Crippen MR) is 71.6 cm³/mol. The Balaban J connectivity index is 2.11. The molecular weight excluding hydrogens is 244 g/mol. The van der Waals surface area contributed by atoms with Crippen LogP contribution in [0.1, 0.15) is 19.5 Å². The fourth-order valence-corrected chi connectivity index (χ4v) is 2.01. The highest BCUT2D eigenvalue weighted by Gasteiger charge is 2.21. The van der Waals surface area contributed by atoms with E-state index in [4.69, 9.17) is 4.52 Å². The summed E-state index contributed by atoms with van der Waals surface area (Å²) >= 11 is 0. The van der Waals surface area contributed by atoms with E-state index in [-0.39, 0.29) is 18.9 Å². The minimum Gasteiger partial charge on any atom is -0.389 e. The topological polar surface area (TPSA) is 66.6 Å². The van der Waals surface area contributed by atoms with Crippen molar-refractivity contribution in [3.8, 4) is 0 Å². The second-order valence-electron chi connectivity index (χ2n) is 5.36. The van der Waals surface area contributed by atoms with Crippen LogP contribution in [0.4, 0.5) is 0 Å². The summed E-state index contributed by atoms with van der Waals surface area (Å²) in [6, 6.07) is 7.44. The molecule has 0 saturated carbocycles. The number of rotatable bonds is 4. The number of hydrogen-bond acceptors (Lipinski definition) is 4. The standard InChI is InChI=1S/C14H18N2O3/c1-14(2,18)9-16(3)13(17)8-11-10-6-4-5-7-12(10)19-15-11/h4-7,18H,8-9H2,1-3H3. The number of amides is 1. The summed E-state index contributed by atoms with van der Waals surface area (Å²) in [7, 11) is 1.67. The largest absolute Gasteiger partial charge is 0.389 e. The van der Waals surface area contributed by atoms with Crippen LogP contribution >= 0.6 is 0 Å². The van der Waals surface area contributed by atoms with E-state index >= 15 is 0 Å². The minimum absolute atomic E-state index is 0.0961. The van der Waals surface area contributed by atoms with Gasteiger partial charge >= 0.3 is 0 Å².